The molecule has 0 atom stereocenters. The van der Waals surface area contributed by atoms with Crippen molar-refractivity contribution in [2.45, 2.75) is 26.3 Å². The summed E-state index contributed by atoms with van der Waals surface area (Å²) in [6.07, 6.45) is 1.50. The molecule has 9 heteroatoms. The molecule has 0 bridgehead atoms. The Kier molecular flexibility index (Phi) is 5.38. The van der Waals surface area contributed by atoms with Gasteiger partial charge >= 0.3 is 0 Å². The number of nitrogens with zero attached hydrogens (tertiary/aromatic N) is 4. The molecule has 3 heterocycles. The van der Waals surface area contributed by atoms with Crippen molar-refractivity contribution in [1.82, 2.24) is 25.2 Å². The van der Waals surface area contributed by atoms with Crippen molar-refractivity contribution >= 4 is 22.6 Å². The number of anilines is 1. The first-order valence-electron chi connectivity index (χ1n) is 12.1. The Labute approximate surface area is 189 Å². The Morgan fingerprint density at radius 1 is 1.22 bits per heavy atom. The lowest BCUT2D eigenvalue weighted by Crippen LogP contribution is -2.46. The van der Waals surface area contributed by atoms with Crippen molar-refractivity contribution < 1.29 is 13.3 Å². The van der Waals surface area contributed by atoms with Crippen LogP contribution in [0, 0.1) is 5.95 Å². The van der Waals surface area contributed by atoms with Gasteiger partial charge in [-0.3, -0.25) is 14.5 Å². The third kappa shape index (κ3) is 4.62. The summed E-state index contributed by atoms with van der Waals surface area (Å²) < 4.78 is 35.9. The highest BCUT2D eigenvalue weighted by molar-refractivity contribution is 5.92. The molecule has 2 aromatic heterocycles. The third-order valence-electron chi connectivity index (χ3n) is 5.61. The topological polar surface area (TPSA) is 94.2 Å². The van der Waals surface area contributed by atoms with Crippen LogP contribution in [0.1, 0.15) is 39.2 Å². The summed E-state index contributed by atoms with van der Waals surface area (Å²) in [5.41, 5.74) is 2.91. The van der Waals surface area contributed by atoms with E-state index in [2.05, 4.69) is 19.9 Å². The van der Waals surface area contributed by atoms with E-state index in [4.69, 9.17) is 4.11 Å². The van der Waals surface area contributed by atoms with Gasteiger partial charge in [0, 0.05) is 43.8 Å². The van der Waals surface area contributed by atoms with E-state index in [1.54, 1.807) is 5.32 Å². The predicted octanol–water partition coefficient (Wildman–Crippen LogP) is 2.09. The molecule has 2 N–H and O–H groups in total. The zero-order valence-corrected chi connectivity index (χ0v) is 17.8. The standard InChI is InChI=1S/C23H27FN6O2/c1-3-4-17-23(32)28-19-13-15(5-6-16(19)26-17)14-29-9-11-30(12-10-29)20-8-7-18(22(31)25-2)27-21(20)24/h5-8,13H,3-4,9-12,14H2,1-2H3,(H,25,31)(H,28,32)/i2D3. The van der Waals surface area contributed by atoms with Crippen LogP contribution in [0.3, 0.4) is 0 Å². The number of benzene rings is 1. The second-order valence-corrected chi connectivity index (χ2v) is 7.84. The van der Waals surface area contributed by atoms with Crippen LogP contribution < -0.4 is 15.8 Å². The van der Waals surface area contributed by atoms with Gasteiger partial charge in [-0.2, -0.15) is 4.39 Å². The highest BCUT2D eigenvalue weighted by Gasteiger charge is 2.21. The number of aromatic nitrogens is 3. The molecule has 3 aromatic rings. The van der Waals surface area contributed by atoms with Crippen molar-refractivity contribution in [3.8, 4) is 0 Å². The summed E-state index contributed by atoms with van der Waals surface area (Å²) >= 11 is 0. The Hall–Kier alpha value is -3.33. The number of H-pyrrole nitrogens is 1. The van der Waals surface area contributed by atoms with Crippen LogP contribution in [0.4, 0.5) is 10.1 Å². The molecule has 0 saturated carbocycles. The van der Waals surface area contributed by atoms with E-state index < -0.39 is 18.8 Å². The first-order chi connectivity index (χ1) is 16.6. The molecule has 168 valence electrons. The number of hydrogen-bond donors (Lipinski definition) is 2. The Morgan fingerprint density at radius 2 is 2.03 bits per heavy atom. The van der Waals surface area contributed by atoms with Crippen molar-refractivity contribution in [3.05, 3.63) is 63.6 Å². The van der Waals surface area contributed by atoms with E-state index in [-0.39, 0.29) is 16.9 Å². The van der Waals surface area contributed by atoms with E-state index in [1.807, 2.05) is 30.0 Å². The molecular formula is C23H27FN6O2. The number of aryl methyl sites for hydroxylation is 1. The summed E-state index contributed by atoms with van der Waals surface area (Å²) in [6.45, 7) is 2.51. The number of fused-ring (bicyclic) bond motifs is 1. The zero-order chi connectivity index (χ0) is 25.2. The van der Waals surface area contributed by atoms with Gasteiger partial charge in [0.1, 0.15) is 11.4 Å². The zero-order valence-electron chi connectivity index (χ0n) is 20.8. The van der Waals surface area contributed by atoms with E-state index in [9.17, 15) is 14.0 Å². The number of nitrogens with one attached hydrogen (secondary N) is 2. The second-order valence-electron chi connectivity index (χ2n) is 7.84. The number of carbonyl (C=O) groups is 1. The molecule has 1 aliphatic rings. The number of rotatable bonds is 6. The average molecular weight is 442 g/mol. The van der Waals surface area contributed by atoms with E-state index in [0.717, 1.165) is 17.5 Å². The van der Waals surface area contributed by atoms with Gasteiger partial charge in [0.25, 0.3) is 11.5 Å². The summed E-state index contributed by atoms with van der Waals surface area (Å²) in [5.74, 6) is -1.76. The normalized spacial score (nSPS) is 16.4. The first kappa shape index (κ1) is 18.3. The van der Waals surface area contributed by atoms with E-state index >= 15 is 0 Å². The molecule has 0 aliphatic carbocycles. The molecule has 4 rings (SSSR count). The highest BCUT2D eigenvalue weighted by atomic mass is 19.1. The fraction of sp³-hybridized carbons (Fsp3) is 0.391. The Balaban J connectivity index is 1.38. The number of aromatic amines is 1. The molecule has 8 nitrogen and oxygen atoms in total. The molecule has 1 aliphatic heterocycles. The quantitative estimate of drug-likeness (QED) is 0.569. The van der Waals surface area contributed by atoms with Crippen LogP contribution in [0.25, 0.3) is 11.0 Å². The summed E-state index contributed by atoms with van der Waals surface area (Å²) in [4.78, 5) is 39.3. The van der Waals surface area contributed by atoms with Crippen LogP contribution >= 0.6 is 0 Å². The fourth-order valence-electron chi connectivity index (χ4n) is 3.93. The lowest BCUT2D eigenvalue weighted by molar-refractivity contribution is 0.0957. The molecule has 0 unspecified atom stereocenters. The summed E-state index contributed by atoms with van der Waals surface area (Å²) in [7, 11) is 0. The maximum absolute atomic E-state index is 14.6. The van der Waals surface area contributed by atoms with Gasteiger partial charge in [-0.15, -0.1) is 0 Å². The number of carbonyl (C=O) groups excluding carboxylic acids is 1. The molecule has 0 spiro atoms. The van der Waals surface area contributed by atoms with Gasteiger partial charge in [-0.05, 0) is 36.2 Å². The van der Waals surface area contributed by atoms with Crippen LogP contribution in [0.2, 0.25) is 0 Å². The average Bonchev–Trinajstić information content (AvgIpc) is 2.79. The molecule has 1 fully saturated rings. The number of halogens is 1. The van der Waals surface area contributed by atoms with Crippen molar-refractivity contribution in [2.75, 3.05) is 38.1 Å². The van der Waals surface area contributed by atoms with Crippen LogP contribution in [0.15, 0.2) is 35.1 Å². The summed E-state index contributed by atoms with van der Waals surface area (Å²) in [6, 6.07) is 8.63. The smallest absolute Gasteiger partial charge is 0.270 e. The van der Waals surface area contributed by atoms with Gasteiger partial charge in [-0.25, -0.2) is 9.97 Å². The van der Waals surface area contributed by atoms with Gasteiger partial charge in [0.2, 0.25) is 5.95 Å². The number of piperazine rings is 1. The van der Waals surface area contributed by atoms with Crippen LogP contribution in [-0.2, 0) is 13.0 Å². The minimum absolute atomic E-state index is 0.150. The lowest BCUT2D eigenvalue weighted by atomic mass is 10.1. The maximum atomic E-state index is 14.6. The monoisotopic (exact) mass is 441 g/mol. The molecule has 32 heavy (non-hydrogen) atoms. The molecule has 1 saturated heterocycles. The van der Waals surface area contributed by atoms with E-state index in [1.165, 1.54) is 12.1 Å². The third-order valence-corrected chi connectivity index (χ3v) is 5.61. The number of amides is 1. The van der Waals surface area contributed by atoms with E-state index in [0.29, 0.717) is 50.4 Å². The summed E-state index contributed by atoms with van der Waals surface area (Å²) in [5, 5.41) is 1.80. The Bertz CT molecular complexity index is 1290. The van der Waals surface area contributed by atoms with Crippen molar-refractivity contribution in [2.24, 2.45) is 0 Å². The largest absolute Gasteiger partial charge is 0.365 e. The van der Waals surface area contributed by atoms with Gasteiger partial charge in [0.15, 0.2) is 0 Å². The van der Waals surface area contributed by atoms with Crippen molar-refractivity contribution in [3.63, 3.8) is 0 Å². The molecular weight excluding hydrogens is 411 g/mol. The minimum Gasteiger partial charge on any atom is -0.365 e. The number of hydrogen-bond acceptors (Lipinski definition) is 6. The molecule has 1 aromatic carbocycles. The fourth-order valence-corrected chi connectivity index (χ4v) is 3.93. The predicted molar refractivity (Wildman–Crippen MR) is 121 cm³/mol. The maximum Gasteiger partial charge on any atom is 0.270 e. The van der Waals surface area contributed by atoms with Crippen LogP contribution in [-0.4, -0.2) is 58.9 Å². The van der Waals surface area contributed by atoms with Gasteiger partial charge in [-0.1, -0.05) is 19.4 Å². The van der Waals surface area contributed by atoms with Crippen LogP contribution in [0.5, 0.6) is 0 Å². The van der Waals surface area contributed by atoms with Gasteiger partial charge in [0.05, 0.1) is 16.7 Å². The van der Waals surface area contributed by atoms with Gasteiger partial charge < -0.3 is 15.2 Å². The Morgan fingerprint density at radius 3 is 2.75 bits per heavy atom. The number of pyridine rings is 1. The lowest BCUT2D eigenvalue weighted by Gasteiger charge is -2.36. The molecule has 1 amide bonds. The van der Waals surface area contributed by atoms with Crippen molar-refractivity contribution in [1.29, 1.82) is 0 Å². The minimum atomic E-state index is -2.67. The molecule has 0 radical (unpaired) electrons. The SMILES string of the molecule is [2H]C([2H])([2H])NC(=O)c1ccc(N2CCN(Cc3ccc4nc(CCC)c(=O)[nH]c4c3)CC2)c(F)n1. The second kappa shape index (κ2) is 9.44. The first-order valence-corrected chi connectivity index (χ1v) is 10.6. The highest BCUT2D eigenvalue weighted by Crippen LogP contribution is 2.21.